The molecule has 4 N–H and O–H groups in total. The first-order chi connectivity index (χ1) is 20.5. The van der Waals surface area contributed by atoms with Crippen LogP contribution in [0.4, 0.5) is 0 Å². The van der Waals surface area contributed by atoms with Crippen molar-refractivity contribution in [2.24, 2.45) is 5.92 Å². The van der Waals surface area contributed by atoms with E-state index in [1.54, 1.807) is 19.1 Å². The van der Waals surface area contributed by atoms with Gasteiger partial charge in [-0.05, 0) is 46.0 Å². The third-order valence-corrected chi connectivity index (χ3v) is 7.53. The van der Waals surface area contributed by atoms with Gasteiger partial charge in [-0.1, -0.05) is 122 Å². The summed E-state index contributed by atoms with van der Waals surface area (Å²) in [6, 6.07) is -2.36. The van der Waals surface area contributed by atoms with Crippen LogP contribution in [0.1, 0.15) is 144 Å². The van der Waals surface area contributed by atoms with Gasteiger partial charge >= 0.3 is 0 Å². The average molecular weight is 605 g/mol. The number of amides is 4. The Balaban J connectivity index is 4.61. The maximum absolute atomic E-state index is 13.1. The predicted molar refractivity (Wildman–Crippen MR) is 178 cm³/mol. The lowest BCUT2D eigenvalue weighted by Crippen LogP contribution is -2.56. The van der Waals surface area contributed by atoms with Crippen LogP contribution in [0.3, 0.4) is 0 Å². The molecule has 0 aliphatic carbocycles. The fraction of sp³-hybridized carbons (Fsp3) is 0.771. The molecule has 43 heavy (non-hydrogen) atoms. The van der Waals surface area contributed by atoms with Crippen LogP contribution in [0.5, 0.6) is 0 Å². The number of unbranched alkanes of at least 4 members (excludes halogenated alkanes) is 12. The number of allylic oxidation sites excluding steroid dienone is 2. The molecule has 0 rings (SSSR count). The van der Waals surface area contributed by atoms with E-state index in [1.807, 2.05) is 27.7 Å². The zero-order valence-electron chi connectivity index (χ0n) is 28.3. The highest BCUT2D eigenvalue weighted by molar-refractivity contribution is 5.94. The molecule has 0 aliphatic heterocycles. The molecule has 0 aromatic rings. The van der Waals surface area contributed by atoms with Gasteiger partial charge in [-0.25, -0.2) is 0 Å². The standard InChI is InChI=1S/C35H64N4O4/c1-8-11-12-13-14-15-16-17-18-19-20-21-22-24-32(40)38-30(25-27(4)5)35(43)37-29(7)33(41)39-31(34(42)36-10-3)26-28(6)23-9-2/h9,23,27,29-31H,2,8,10-22,24-26H2,1,3-7H3,(H,36,42)(H,37,43)(H,38,40)(H,39,41)/b28-23+/t29?,30-,31?/m0/s1. The lowest BCUT2D eigenvalue weighted by atomic mass is 10.0. The van der Waals surface area contributed by atoms with Gasteiger partial charge < -0.3 is 21.3 Å². The largest absolute Gasteiger partial charge is 0.355 e. The first kappa shape index (κ1) is 40.4. The molecule has 0 aromatic carbocycles. The summed E-state index contributed by atoms with van der Waals surface area (Å²) in [4.78, 5) is 51.2. The summed E-state index contributed by atoms with van der Waals surface area (Å²) in [6.07, 6.45) is 20.8. The minimum atomic E-state index is -0.874. The van der Waals surface area contributed by atoms with E-state index in [0.717, 1.165) is 24.8 Å². The summed E-state index contributed by atoms with van der Waals surface area (Å²) >= 11 is 0. The van der Waals surface area contributed by atoms with Crippen LogP contribution in [0, 0.1) is 5.92 Å². The average Bonchev–Trinajstić information content (AvgIpc) is 2.94. The number of carbonyl (C=O) groups is 4. The molecule has 0 radical (unpaired) electrons. The SMILES string of the molecule is C=C/C=C(\C)CC(NC(=O)C(C)NC(=O)[C@H](CC(C)C)NC(=O)CCCCCCCCCCCCCCC)C(=O)NCC. The summed E-state index contributed by atoms with van der Waals surface area (Å²) in [5.74, 6) is -1.10. The number of nitrogens with one attached hydrogen (secondary N) is 4. The van der Waals surface area contributed by atoms with Gasteiger partial charge in [0.05, 0.1) is 0 Å². The minimum Gasteiger partial charge on any atom is -0.355 e. The maximum atomic E-state index is 13.1. The zero-order chi connectivity index (χ0) is 32.5. The van der Waals surface area contributed by atoms with Crippen molar-refractivity contribution < 1.29 is 19.2 Å². The smallest absolute Gasteiger partial charge is 0.243 e. The maximum Gasteiger partial charge on any atom is 0.243 e. The molecule has 0 aliphatic rings. The lowest BCUT2D eigenvalue weighted by Gasteiger charge is -2.24. The van der Waals surface area contributed by atoms with Crippen molar-refractivity contribution in [3.63, 3.8) is 0 Å². The Morgan fingerprint density at radius 2 is 1.21 bits per heavy atom. The molecule has 0 spiro atoms. The van der Waals surface area contributed by atoms with Crippen molar-refractivity contribution in [3.8, 4) is 0 Å². The van der Waals surface area contributed by atoms with Gasteiger partial charge in [0.25, 0.3) is 0 Å². The molecule has 4 amide bonds. The second-order valence-electron chi connectivity index (χ2n) is 12.4. The van der Waals surface area contributed by atoms with Crippen molar-refractivity contribution in [3.05, 3.63) is 24.3 Å². The molecule has 0 heterocycles. The Morgan fingerprint density at radius 3 is 1.70 bits per heavy atom. The first-order valence-corrected chi connectivity index (χ1v) is 17.0. The second-order valence-corrected chi connectivity index (χ2v) is 12.4. The van der Waals surface area contributed by atoms with Gasteiger partial charge in [-0.15, -0.1) is 0 Å². The molecule has 248 valence electrons. The quantitative estimate of drug-likeness (QED) is 0.0654. The second kappa shape index (κ2) is 25.8. The normalized spacial score (nSPS) is 13.6. The van der Waals surface area contributed by atoms with Gasteiger partial charge in [-0.2, -0.15) is 0 Å². The van der Waals surface area contributed by atoms with Gasteiger partial charge in [0.15, 0.2) is 0 Å². The van der Waals surface area contributed by atoms with Crippen molar-refractivity contribution in [2.45, 2.75) is 162 Å². The molecule has 8 nitrogen and oxygen atoms in total. The first-order valence-electron chi connectivity index (χ1n) is 17.0. The van der Waals surface area contributed by atoms with Gasteiger partial charge in [0, 0.05) is 13.0 Å². The Kier molecular flexibility index (Phi) is 24.2. The number of hydrogen-bond acceptors (Lipinski definition) is 4. The molecule has 0 fully saturated rings. The molecule has 0 bridgehead atoms. The molecule has 3 atom stereocenters. The zero-order valence-corrected chi connectivity index (χ0v) is 28.3. The Morgan fingerprint density at radius 1 is 0.674 bits per heavy atom. The number of carbonyl (C=O) groups excluding carboxylic acids is 4. The minimum absolute atomic E-state index is 0.137. The van der Waals surface area contributed by atoms with E-state index in [0.29, 0.717) is 25.8 Å². The van der Waals surface area contributed by atoms with Crippen LogP contribution >= 0.6 is 0 Å². The molecule has 0 saturated heterocycles. The number of hydrogen-bond donors (Lipinski definition) is 4. The highest BCUT2D eigenvalue weighted by Gasteiger charge is 2.27. The molecular weight excluding hydrogens is 540 g/mol. The van der Waals surface area contributed by atoms with Gasteiger partial charge in [0.1, 0.15) is 18.1 Å². The topological polar surface area (TPSA) is 116 Å². The molecular formula is C35H64N4O4. The van der Waals surface area contributed by atoms with Crippen LogP contribution in [-0.4, -0.2) is 48.3 Å². The summed E-state index contributed by atoms with van der Waals surface area (Å²) < 4.78 is 0. The van der Waals surface area contributed by atoms with E-state index in [-0.39, 0.29) is 17.7 Å². The predicted octanol–water partition coefficient (Wildman–Crippen LogP) is 6.65. The van der Waals surface area contributed by atoms with E-state index in [9.17, 15) is 19.2 Å². The summed E-state index contributed by atoms with van der Waals surface area (Å²) in [5, 5.41) is 11.1. The summed E-state index contributed by atoms with van der Waals surface area (Å²) in [6.45, 7) is 15.6. The summed E-state index contributed by atoms with van der Waals surface area (Å²) in [5.41, 5.74) is 0.895. The van der Waals surface area contributed by atoms with Gasteiger partial charge in [0.2, 0.25) is 23.6 Å². The third-order valence-electron chi connectivity index (χ3n) is 7.53. The lowest BCUT2D eigenvalue weighted by molar-refractivity contribution is -0.133. The van der Waals surface area contributed by atoms with Crippen LogP contribution in [0.25, 0.3) is 0 Å². The fourth-order valence-corrected chi connectivity index (χ4v) is 5.05. The van der Waals surface area contributed by atoms with E-state index < -0.39 is 29.9 Å². The Hall–Kier alpha value is -2.64. The molecule has 2 unspecified atom stereocenters. The van der Waals surface area contributed by atoms with Crippen molar-refractivity contribution in [1.82, 2.24) is 21.3 Å². The molecule has 0 saturated carbocycles. The molecule has 8 heteroatoms. The highest BCUT2D eigenvalue weighted by Crippen LogP contribution is 2.13. The van der Waals surface area contributed by atoms with E-state index in [4.69, 9.17) is 0 Å². The Bertz CT molecular complexity index is 840. The van der Waals surface area contributed by atoms with Crippen molar-refractivity contribution in [2.75, 3.05) is 6.54 Å². The monoisotopic (exact) mass is 604 g/mol. The van der Waals surface area contributed by atoms with Crippen LogP contribution in [0.2, 0.25) is 0 Å². The van der Waals surface area contributed by atoms with E-state index in [2.05, 4.69) is 34.8 Å². The van der Waals surface area contributed by atoms with E-state index in [1.165, 1.54) is 64.2 Å². The summed E-state index contributed by atoms with van der Waals surface area (Å²) in [7, 11) is 0. The fourth-order valence-electron chi connectivity index (χ4n) is 5.05. The van der Waals surface area contributed by atoms with E-state index >= 15 is 0 Å². The number of rotatable bonds is 26. The van der Waals surface area contributed by atoms with Crippen molar-refractivity contribution >= 4 is 23.6 Å². The molecule has 0 aromatic heterocycles. The van der Waals surface area contributed by atoms with Crippen LogP contribution < -0.4 is 21.3 Å². The van der Waals surface area contributed by atoms with Gasteiger partial charge in [-0.3, -0.25) is 19.2 Å². The highest BCUT2D eigenvalue weighted by atomic mass is 16.2. The number of likely N-dealkylation sites (N-methyl/N-ethyl adjacent to an activating group) is 1. The van der Waals surface area contributed by atoms with Crippen LogP contribution in [0.15, 0.2) is 24.3 Å². The third kappa shape index (κ3) is 21.7. The Labute approximate surface area is 263 Å². The van der Waals surface area contributed by atoms with Crippen molar-refractivity contribution in [1.29, 1.82) is 0 Å². The van der Waals surface area contributed by atoms with Crippen LogP contribution in [-0.2, 0) is 19.2 Å².